The first kappa shape index (κ1) is 11.1. The van der Waals surface area contributed by atoms with Gasteiger partial charge in [-0.2, -0.15) is 0 Å². The lowest BCUT2D eigenvalue weighted by atomic mass is 10.2. The molecule has 94 valence electrons. The minimum atomic E-state index is -0.203. The van der Waals surface area contributed by atoms with Crippen LogP contribution in [0.5, 0.6) is 0 Å². The third-order valence-electron chi connectivity index (χ3n) is 3.04. The molecule has 0 N–H and O–H groups in total. The summed E-state index contributed by atoms with van der Waals surface area (Å²) in [6.07, 6.45) is 2.41. The van der Waals surface area contributed by atoms with Gasteiger partial charge >= 0.3 is 5.97 Å². The zero-order valence-corrected chi connectivity index (χ0v) is 9.96. The lowest BCUT2D eigenvalue weighted by Crippen LogP contribution is -2.07. The molecule has 5 nitrogen and oxygen atoms in total. The third-order valence-corrected chi connectivity index (χ3v) is 3.04. The van der Waals surface area contributed by atoms with Crippen molar-refractivity contribution in [3.63, 3.8) is 0 Å². The van der Waals surface area contributed by atoms with Crippen LogP contribution in [0.15, 0.2) is 33.4 Å². The zero-order chi connectivity index (χ0) is 12.5. The van der Waals surface area contributed by atoms with E-state index in [0.29, 0.717) is 5.76 Å². The number of rotatable bonds is 4. The van der Waals surface area contributed by atoms with Gasteiger partial charge in [-0.3, -0.25) is 4.79 Å². The van der Waals surface area contributed by atoms with Crippen molar-refractivity contribution in [2.75, 3.05) is 0 Å². The minimum Gasteiger partial charge on any atom is -0.469 e. The molecule has 0 aliphatic heterocycles. The standard InChI is InChI=1S/C13H13NO4/c1-8-5-9(18-14-8)7-17-13(15)11-6-10(11)12-3-2-4-16-12/h2-5,10-11H,6-7H2,1H3/t10-,11+/m0/s1. The highest BCUT2D eigenvalue weighted by atomic mass is 16.5. The average molecular weight is 247 g/mol. The fourth-order valence-corrected chi connectivity index (χ4v) is 2.01. The molecule has 0 aromatic carbocycles. The van der Waals surface area contributed by atoms with Crippen molar-refractivity contribution in [2.45, 2.75) is 25.9 Å². The highest BCUT2D eigenvalue weighted by Crippen LogP contribution is 2.48. The van der Waals surface area contributed by atoms with Crippen molar-refractivity contribution >= 4 is 5.97 Å². The maximum absolute atomic E-state index is 11.8. The van der Waals surface area contributed by atoms with E-state index >= 15 is 0 Å². The van der Waals surface area contributed by atoms with E-state index in [4.69, 9.17) is 13.7 Å². The molecule has 1 fully saturated rings. The number of esters is 1. The number of aromatic nitrogens is 1. The largest absolute Gasteiger partial charge is 0.469 e. The Morgan fingerprint density at radius 3 is 3.17 bits per heavy atom. The molecule has 0 bridgehead atoms. The van der Waals surface area contributed by atoms with E-state index in [9.17, 15) is 4.79 Å². The van der Waals surface area contributed by atoms with E-state index in [0.717, 1.165) is 17.9 Å². The predicted octanol–water partition coefficient (Wildman–Crippen LogP) is 2.42. The fraction of sp³-hybridized carbons (Fsp3) is 0.385. The normalized spacial score (nSPS) is 21.8. The van der Waals surface area contributed by atoms with E-state index in [2.05, 4.69) is 5.16 Å². The first-order chi connectivity index (χ1) is 8.74. The van der Waals surface area contributed by atoms with Crippen LogP contribution in [-0.2, 0) is 16.1 Å². The van der Waals surface area contributed by atoms with Gasteiger partial charge in [0.1, 0.15) is 5.76 Å². The zero-order valence-electron chi connectivity index (χ0n) is 9.96. The van der Waals surface area contributed by atoms with Crippen LogP contribution in [0, 0.1) is 12.8 Å². The molecule has 3 rings (SSSR count). The van der Waals surface area contributed by atoms with E-state index < -0.39 is 0 Å². The Bertz CT molecular complexity index is 543. The van der Waals surface area contributed by atoms with Crippen LogP contribution in [0.1, 0.15) is 29.6 Å². The molecular formula is C13H13NO4. The van der Waals surface area contributed by atoms with Crippen molar-refractivity contribution in [1.29, 1.82) is 0 Å². The molecule has 0 amide bonds. The smallest absolute Gasteiger partial charge is 0.310 e. The van der Waals surface area contributed by atoms with Gasteiger partial charge in [-0.15, -0.1) is 0 Å². The SMILES string of the molecule is Cc1cc(COC(=O)[C@@H]2C[C@@H]2c2ccco2)on1. The lowest BCUT2D eigenvalue weighted by molar-refractivity contribution is -0.147. The molecule has 0 radical (unpaired) electrons. The second-order valence-electron chi connectivity index (χ2n) is 4.51. The Kier molecular flexibility index (Phi) is 2.66. The van der Waals surface area contributed by atoms with Crippen LogP contribution in [0.3, 0.4) is 0 Å². The van der Waals surface area contributed by atoms with Crippen LogP contribution in [0.4, 0.5) is 0 Å². The summed E-state index contributed by atoms with van der Waals surface area (Å²) in [5.41, 5.74) is 0.779. The van der Waals surface area contributed by atoms with Gasteiger partial charge in [0.05, 0.1) is 17.9 Å². The van der Waals surface area contributed by atoms with Crippen molar-refractivity contribution in [3.8, 4) is 0 Å². The molecule has 1 aliphatic carbocycles. The van der Waals surface area contributed by atoms with Gasteiger partial charge in [-0.05, 0) is 25.5 Å². The summed E-state index contributed by atoms with van der Waals surface area (Å²) in [4.78, 5) is 11.8. The Morgan fingerprint density at radius 2 is 2.50 bits per heavy atom. The van der Waals surface area contributed by atoms with Crippen molar-refractivity contribution in [3.05, 3.63) is 41.7 Å². The molecule has 0 spiro atoms. The molecule has 2 atom stereocenters. The first-order valence-corrected chi connectivity index (χ1v) is 5.86. The Labute approximate surface area is 104 Å². The molecule has 18 heavy (non-hydrogen) atoms. The number of ether oxygens (including phenoxy) is 1. The van der Waals surface area contributed by atoms with Gasteiger partial charge < -0.3 is 13.7 Å². The van der Waals surface area contributed by atoms with Crippen LogP contribution >= 0.6 is 0 Å². The Morgan fingerprint density at radius 1 is 1.61 bits per heavy atom. The predicted molar refractivity (Wildman–Crippen MR) is 60.6 cm³/mol. The molecule has 2 aromatic heterocycles. The molecular weight excluding hydrogens is 234 g/mol. The van der Waals surface area contributed by atoms with Crippen LogP contribution in [-0.4, -0.2) is 11.1 Å². The summed E-state index contributed by atoms with van der Waals surface area (Å²) in [6, 6.07) is 5.47. The van der Waals surface area contributed by atoms with Gasteiger partial charge in [0.25, 0.3) is 0 Å². The van der Waals surface area contributed by atoms with Crippen molar-refractivity contribution < 1.29 is 18.5 Å². The van der Waals surface area contributed by atoms with Crippen LogP contribution < -0.4 is 0 Å². The summed E-state index contributed by atoms with van der Waals surface area (Å²) in [5.74, 6) is 1.30. The average Bonchev–Trinajstić information content (AvgIpc) is 2.79. The van der Waals surface area contributed by atoms with Crippen molar-refractivity contribution in [1.82, 2.24) is 5.16 Å². The van der Waals surface area contributed by atoms with Gasteiger partial charge in [-0.1, -0.05) is 5.16 Å². The fourth-order valence-electron chi connectivity index (χ4n) is 2.01. The summed E-state index contributed by atoms with van der Waals surface area (Å²) in [7, 11) is 0. The molecule has 2 aromatic rings. The minimum absolute atomic E-state index is 0.0832. The van der Waals surface area contributed by atoms with Crippen molar-refractivity contribution in [2.24, 2.45) is 5.92 Å². The quantitative estimate of drug-likeness (QED) is 0.776. The molecule has 5 heteroatoms. The first-order valence-electron chi connectivity index (χ1n) is 5.86. The maximum Gasteiger partial charge on any atom is 0.310 e. The number of hydrogen-bond donors (Lipinski definition) is 0. The second kappa shape index (κ2) is 4.33. The summed E-state index contributed by atoms with van der Waals surface area (Å²) < 4.78 is 15.4. The number of hydrogen-bond acceptors (Lipinski definition) is 5. The highest BCUT2D eigenvalue weighted by molar-refractivity contribution is 5.77. The lowest BCUT2D eigenvalue weighted by Gasteiger charge is -2.00. The molecule has 1 saturated carbocycles. The van der Waals surface area contributed by atoms with E-state index in [1.807, 2.05) is 19.1 Å². The Hall–Kier alpha value is -2.04. The topological polar surface area (TPSA) is 65.5 Å². The summed E-state index contributed by atoms with van der Waals surface area (Å²) >= 11 is 0. The van der Waals surface area contributed by atoms with Gasteiger partial charge in [0.15, 0.2) is 12.4 Å². The molecule has 0 saturated heterocycles. The number of carbonyl (C=O) groups is 1. The number of aryl methyl sites for hydroxylation is 1. The number of carbonyl (C=O) groups excluding carboxylic acids is 1. The molecule has 1 aliphatic rings. The monoisotopic (exact) mass is 247 g/mol. The van der Waals surface area contributed by atoms with Gasteiger partial charge in [-0.25, -0.2) is 0 Å². The summed E-state index contributed by atoms with van der Waals surface area (Å²) in [5, 5.41) is 3.73. The number of nitrogens with zero attached hydrogens (tertiary/aromatic N) is 1. The van der Waals surface area contributed by atoms with Gasteiger partial charge in [0, 0.05) is 12.0 Å². The van der Waals surface area contributed by atoms with E-state index in [-0.39, 0.29) is 24.4 Å². The van der Waals surface area contributed by atoms with E-state index in [1.165, 1.54) is 0 Å². The van der Waals surface area contributed by atoms with Crippen LogP contribution in [0.2, 0.25) is 0 Å². The number of furan rings is 1. The maximum atomic E-state index is 11.8. The molecule has 2 heterocycles. The Balaban J connectivity index is 1.51. The van der Waals surface area contributed by atoms with Gasteiger partial charge in [0.2, 0.25) is 0 Å². The van der Waals surface area contributed by atoms with E-state index in [1.54, 1.807) is 12.3 Å². The summed E-state index contributed by atoms with van der Waals surface area (Å²) in [6.45, 7) is 1.96. The second-order valence-corrected chi connectivity index (χ2v) is 4.51. The third kappa shape index (κ3) is 2.16. The highest BCUT2D eigenvalue weighted by Gasteiger charge is 2.47. The molecule has 0 unspecified atom stereocenters. The van der Waals surface area contributed by atoms with Crippen LogP contribution in [0.25, 0.3) is 0 Å².